The lowest BCUT2D eigenvalue weighted by Crippen LogP contribution is -2.14. The van der Waals surface area contributed by atoms with Gasteiger partial charge in [-0.1, -0.05) is 11.6 Å². The Kier molecular flexibility index (Phi) is 3.65. The zero-order valence-corrected chi connectivity index (χ0v) is 13.5. The predicted molar refractivity (Wildman–Crippen MR) is 89.6 cm³/mol. The monoisotopic (exact) mass is 342 g/mol. The van der Waals surface area contributed by atoms with E-state index in [0.717, 1.165) is 5.56 Å². The van der Waals surface area contributed by atoms with E-state index in [1.165, 1.54) is 16.7 Å². The van der Waals surface area contributed by atoms with E-state index in [4.69, 9.17) is 9.47 Å². The number of aromatic hydroxyl groups is 1. The molecular formula is C18H15FN2O4. The van der Waals surface area contributed by atoms with E-state index in [1.807, 2.05) is 13.0 Å². The molecule has 0 unspecified atom stereocenters. The Morgan fingerprint density at radius 2 is 2.16 bits per heavy atom. The van der Waals surface area contributed by atoms with E-state index in [-0.39, 0.29) is 31.5 Å². The molecule has 0 aliphatic carbocycles. The van der Waals surface area contributed by atoms with Crippen molar-refractivity contribution in [2.24, 2.45) is 5.18 Å². The molecule has 0 saturated carbocycles. The van der Waals surface area contributed by atoms with Gasteiger partial charge in [-0.25, -0.2) is 4.39 Å². The van der Waals surface area contributed by atoms with Gasteiger partial charge in [0.1, 0.15) is 11.6 Å². The summed E-state index contributed by atoms with van der Waals surface area (Å²) in [5.41, 5.74) is 2.74. The largest absolute Gasteiger partial charge is 0.493 e. The maximum atomic E-state index is 13.9. The summed E-state index contributed by atoms with van der Waals surface area (Å²) in [6, 6.07) is 8.19. The minimum atomic E-state index is -0.414. The quantitative estimate of drug-likeness (QED) is 0.727. The molecule has 0 radical (unpaired) electrons. The van der Waals surface area contributed by atoms with Gasteiger partial charge in [-0.3, -0.25) is 0 Å². The molecule has 1 aliphatic rings. The average molecular weight is 342 g/mol. The van der Waals surface area contributed by atoms with Crippen LogP contribution >= 0.6 is 0 Å². The lowest BCUT2D eigenvalue weighted by molar-refractivity contribution is -0.0173. The molecule has 1 aliphatic heterocycles. The van der Waals surface area contributed by atoms with Crippen molar-refractivity contribution in [1.82, 2.24) is 4.57 Å². The summed E-state index contributed by atoms with van der Waals surface area (Å²) in [5.74, 6) is -0.120. The summed E-state index contributed by atoms with van der Waals surface area (Å²) >= 11 is 0. The summed E-state index contributed by atoms with van der Waals surface area (Å²) in [4.78, 5) is 11.2. The van der Waals surface area contributed by atoms with E-state index in [9.17, 15) is 14.4 Å². The van der Waals surface area contributed by atoms with Gasteiger partial charge in [-0.05, 0) is 36.4 Å². The minimum absolute atomic E-state index is 0.0202. The molecule has 2 heterocycles. The van der Waals surface area contributed by atoms with Crippen molar-refractivity contribution in [3.05, 3.63) is 57.7 Å². The number of nitroso groups, excluding NO2 is 1. The highest BCUT2D eigenvalue weighted by Crippen LogP contribution is 2.40. The molecule has 128 valence electrons. The molecule has 0 bridgehead atoms. The van der Waals surface area contributed by atoms with Crippen molar-refractivity contribution in [2.75, 3.05) is 6.79 Å². The summed E-state index contributed by atoms with van der Waals surface area (Å²) in [7, 11) is 0. The van der Waals surface area contributed by atoms with Crippen molar-refractivity contribution >= 4 is 16.6 Å². The Hall–Kier alpha value is -2.93. The highest BCUT2D eigenvalue weighted by Gasteiger charge is 2.22. The Morgan fingerprint density at radius 3 is 2.96 bits per heavy atom. The van der Waals surface area contributed by atoms with Crippen LogP contribution in [0.5, 0.6) is 11.6 Å². The summed E-state index contributed by atoms with van der Waals surface area (Å²) < 4.78 is 26.2. The van der Waals surface area contributed by atoms with E-state index >= 15 is 0 Å². The Balaban J connectivity index is 1.89. The van der Waals surface area contributed by atoms with E-state index in [2.05, 4.69) is 5.18 Å². The summed E-state index contributed by atoms with van der Waals surface area (Å²) in [6.45, 7) is 2.38. The van der Waals surface area contributed by atoms with Crippen LogP contribution in [0.1, 0.15) is 16.7 Å². The number of hydrogen-bond acceptors (Lipinski definition) is 5. The fourth-order valence-electron chi connectivity index (χ4n) is 3.23. The van der Waals surface area contributed by atoms with Crippen molar-refractivity contribution in [3.8, 4) is 11.6 Å². The van der Waals surface area contributed by atoms with Crippen LogP contribution in [-0.2, 0) is 17.9 Å². The topological polar surface area (TPSA) is 73.0 Å². The lowest BCUT2D eigenvalue weighted by Gasteiger charge is -2.21. The van der Waals surface area contributed by atoms with Crippen molar-refractivity contribution < 1.29 is 19.0 Å². The van der Waals surface area contributed by atoms with Crippen LogP contribution in [0.15, 0.2) is 35.5 Å². The fourth-order valence-corrected chi connectivity index (χ4v) is 3.23. The minimum Gasteiger partial charge on any atom is -0.493 e. The van der Waals surface area contributed by atoms with Gasteiger partial charge in [0.15, 0.2) is 12.5 Å². The Morgan fingerprint density at radius 1 is 1.32 bits per heavy atom. The van der Waals surface area contributed by atoms with Crippen LogP contribution < -0.4 is 4.74 Å². The molecule has 1 aromatic heterocycles. The first kappa shape index (κ1) is 15.6. The lowest BCUT2D eigenvalue weighted by atomic mass is 10.1. The molecule has 7 heteroatoms. The smallest absolute Gasteiger partial charge is 0.222 e. The molecule has 1 N–H and O–H groups in total. The number of aryl methyl sites for hydroxylation is 1. The van der Waals surface area contributed by atoms with Crippen molar-refractivity contribution in [2.45, 2.75) is 20.1 Å². The molecule has 0 saturated heterocycles. The first-order chi connectivity index (χ1) is 12.1. The van der Waals surface area contributed by atoms with Gasteiger partial charge in [-0.2, -0.15) is 0 Å². The molecular weight excluding hydrogens is 327 g/mol. The van der Waals surface area contributed by atoms with Crippen molar-refractivity contribution in [1.29, 1.82) is 0 Å². The second-order valence-electron chi connectivity index (χ2n) is 6.03. The third kappa shape index (κ3) is 2.53. The number of fused-ring (bicyclic) bond motifs is 2. The van der Waals surface area contributed by atoms with Crippen LogP contribution in [0.3, 0.4) is 0 Å². The van der Waals surface area contributed by atoms with Gasteiger partial charge in [0.05, 0.1) is 18.7 Å². The van der Waals surface area contributed by atoms with Crippen LogP contribution in [-0.4, -0.2) is 16.5 Å². The molecule has 0 fully saturated rings. The van der Waals surface area contributed by atoms with E-state index < -0.39 is 5.82 Å². The number of rotatable bonds is 3. The van der Waals surface area contributed by atoms with Gasteiger partial charge >= 0.3 is 0 Å². The van der Waals surface area contributed by atoms with Gasteiger partial charge < -0.3 is 19.1 Å². The third-order valence-electron chi connectivity index (χ3n) is 4.34. The van der Waals surface area contributed by atoms with Crippen LogP contribution in [0, 0.1) is 17.6 Å². The third-order valence-corrected chi connectivity index (χ3v) is 4.34. The van der Waals surface area contributed by atoms with Gasteiger partial charge in [0.25, 0.3) is 0 Å². The number of halogens is 1. The molecule has 6 nitrogen and oxygen atoms in total. The SMILES string of the molecule is Cc1ccc2c(c1)c(N=O)c(O)n2Cc1cc(F)cc2c1OCOC2. The average Bonchev–Trinajstić information content (AvgIpc) is 2.85. The second-order valence-corrected chi connectivity index (χ2v) is 6.03. The molecule has 3 aromatic rings. The highest BCUT2D eigenvalue weighted by atomic mass is 19.1. The second kappa shape index (κ2) is 5.86. The van der Waals surface area contributed by atoms with Crippen LogP contribution in [0.2, 0.25) is 0 Å². The molecule has 2 aromatic carbocycles. The van der Waals surface area contributed by atoms with Gasteiger partial charge in [-0.15, -0.1) is 4.91 Å². The Labute approximate surface area is 142 Å². The first-order valence-electron chi connectivity index (χ1n) is 7.75. The maximum Gasteiger partial charge on any atom is 0.222 e. The zero-order chi connectivity index (χ0) is 17.6. The number of benzene rings is 2. The van der Waals surface area contributed by atoms with Crippen molar-refractivity contribution in [3.63, 3.8) is 0 Å². The highest BCUT2D eigenvalue weighted by molar-refractivity contribution is 5.95. The fraction of sp³-hybridized carbons (Fsp3) is 0.222. The zero-order valence-electron chi connectivity index (χ0n) is 13.5. The number of aromatic nitrogens is 1. The predicted octanol–water partition coefficient (Wildman–Crippen LogP) is 4.11. The number of ether oxygens (including phenoxy) is 2. The number of hydrogen-bond donors (Lipinski definition) is 1. The molecule has 4 rings (SSSR count). The van der Waals surface area contributed by atoms with Crippen LogP contribution in [0.25, 0.3) is 10.9 Å². The molecule has 0 amide bonds. The van der Waals surface area contributed by atoms with Crippen LogP contribution in [0.4, 0.5) is 10.1 Å². The standard InChI is InChI=1S/C18H15FN2O4/c1-10-2-3-15-14(4-10)16(20-23)18(22)21(15)7-11-5-13(19)6-12-8-24-9-25-17(11)12/h2-6,22H,7-9H2,1H3. The van der Waals surface area contributed by atoms with Gasteiger partial charge in [0, 0.05) is 16.5 Å². The molecule has 0 atom stereocenters. The molecule has 0 spiro atoms. The van der Waals surface area contributed by atoms with Gasteiger partial charge in [0.2, 0.25) is 5.88 Å². The maximum absolute atomic E-state index is 13.9. The normalized spacial score (nSPS) is 13.5. The van der Waals surface area contributed by atoms with E-state index in [1.54, 1.807) is 12.1 Å². The summed E-state index contributed by atoms with van der Waals surface area (Å²) in [5, 5.41) is 14.0. The molecule has 25 heavy (non-hydrogen) atoms. The first-order valence-corrected chi connectivity index (χ1v) is 7.75. The van der Waals surface area contributed by atoms with E-state index in [0.29, 0.717) is 27.8 Å². The number of nitrogens with zero attached hydrogens (tertiary/aromatic N) is 2. The Bertz CT molecular complexity index is 997. The summed E-state index contributed by atoms with van der Waals surface area (Å²) in [6.07, 6.45) is 0.